The molecule has 2 aromatic carbocycles. The average molecular weight is 381 g/mol. The Morgan fingerprint density at radius 3 is 2.43 bits per heavy atom. The number of carbonyl (C=O) groups is 2. The van der Waals surface area contributed by atoms with E-state index >= 15 is 0 Å². The van der Waals surface area contributed by atoms with Crippen molar-refractivity contribution in [3.8, 4) is 5.75 Å². The minimum atomic E-state index is -0.971. The lowest BCUT2D eigenvalue weighted by Crippen LogP contribution is -2.34. The van der Waals surface area contributed by atoms with Crippen molar-refractivity contribution in [1.29, 1.82) is 0 Å². The van der Waals surface area contributed by atoms with Crippen LogP contribution in [-0.4, -0.2) is 24.5 Å². The molecule has 0 radical (unpaired) electrons. The first-order valence-electron chi connectivity index (χ1n) is 9.72. The first kappa shape index (κ1) is 19.9. The molecule has 1 aliphatic carbocycles. The van der Waals surface area contributed by atoms with Crippen LogP contribution in [0.15, 0.2) is 48.5 Å². The van der Waals surface area contributed by atoms with Gasteiger partial charge in [0.15, 0.2) is 6.61 Å². The van der Waals surface area contributed by atoms with Crippen molar-refractivity contribution in [2.75, 3.05) is 6.61 Å². The van der Waals surface area contributed by atoms with Gasteiger partial charge in [-0.2, -0.15) is 0 Å². The smallest absolute Gasteiger partial charge is 0.345 e. The topological polar surface area (TPSA) is 64.6 Å². The highest BCUT2D eigenvalue weighted by Gasteiger charge is 2.30. The van der Waals surface area contributed by atoms with E-state index in [2.05, 4.69) is 25.2 Å². The zero-order chi connectivity index (χ0) is 20.1. The summed E-state index contributed by atoms with van der Waals surface area (Å²) in [6.07, 6.45) is 0.965. The molecule has 1 fully saturated rings. The molecule has 1 atom stereocenters. The molecule has 1 saturated carbocycles. The van der Waals surface area contributed by atoms with E-state index in [4.69, 9.17) is 9.47 Å². The second-order valence-electron chi connectivity index (χ2n) is 7.53. The molecule has 3 rings (SSSR count). The zero-order valence-corrected chi connectivity index (χ0v) is 16.6. The van der Waals surface area contributed by atoms with E-state index in [-0.39, 0.29) is 18.6 Å². The fourth-order valence-electron chi connectivity index (χ4n) is 2.84. The highest BCUT2D eigenvalue weighted by atomic mass is 16.6. The second-order valence-corrected chi connectivity index (χ2v) is 7.53. The normalized spacial score (nSPS) is 14.4. The summed E-state index contributed by atoms with van der Waals surface area (Å²) in [6.45, 7) is 5.89. The van der Waals surface area contributed by atoms with Crippen LogP contribution >= 0.6 is 0 Å². The zero-order valence-electron chi connectivity index (χ0n) is 16.6. The minimum absolute atomic E-state index is 0.190. The monoisotopic (exact) mass is 381 g/mol. The van der Waals surface area contributed by atoms with Crippen molar-refractivity contribution < 1.29 is 19.1 Å². The fourth-order valence-corrected chi connectivity index (χ4v) is 2.84. The van der Waals surface area contributed by atoms with Gasteiger partial charge in [-0.15, -0.1) is 0 Å². The highest BCUT2D eigenvalue weighted by Crippen LogP contribution is 2.25. The van der Waals surface area contributed by atoms with Gasteiger partial charge in [0.1, 0.15) is 5.75 Å². The molecule has 0 spiro atoms. The molecule has 0 aliphatic heterocycles. The fraction of sp³-hybridized carbons (Fsp3) is 0.391. The van der Waals surface area contributed by atoms with Gasteiger partial charge in [0.05, 0.1) is 0 Å². The number of amides is 1. The molecule has 0 aromatic heterocycles. The van der Waals surface area contributed by atoms with Crippen LogP contribution in [0, 0.1) is 6.92 Å². The lowest BCUT2D eigenvalue weighted by Gasteiger charge is -2.18. The Kier molecular flexibility index (Phi) is 6.34. The summed E-state index contributed by atoms with van der Waals surface area (Å²) in [4.78, 5) is 25.0. The van der Waals surface area contributed by atoms with Crippen LogP contribution in [0.5, 0.6) is 5.75 Å². The van der Waals surface area contributed by atoms with Crippen molar-refractivity contribution in [3.63, 3.8) is 0 Å². The number of carbonyl (C=O) groups excluding carboxylic acids is 2. The maximum absolute atomic E-state index is 12.5. The Labute approximate surface area is 166 Å². The Morgan fingerprint density at radius 2 is 1.79 bits per heavy atom. The number of benzene rings is 2. The van der Waals surface area contributed by atoms with Crippen LogP contribution in [0.3, 0.4) is 0 Å². The second kappa shape index (κ2) is 8.91. The van der Waals surface area contributed by atoms with Crippen molar-refractivity contribution >= 4 is 11.9 Å². The predicted molar refractivity (Wildman–Crippen MR) is 107 cm³/mol. The molecule has 0 bridgehead atoms. The number of esters is 1. The summed E-state index contributed by atoms with van der Waals surface area (Å²) in [5, 5.41) is 2.90. The summed E-state index contributed by atoms with van der Waals surface area (Å²) in [5.41, 5.74) is 2.73. The molecule has 1 N–H and O–H groups in total. The van der Waals surface area contributed by atoms with Crippen LogP contribution in [0.4, 0.5) is 0 Å². The van der Waals surface area contributed by atoms with Crippen molar-refractivity contribution in [3.05, 3.63) is 65.2 Å². The van der Waals surface area contributed by atoms with Crippen LogP contribution in [0.25, 0.3) is 0 Å². The maximum Gasteiger partial charge on any atom is 0.345 e. The molecule has 0 saturated heterocycles. The van der Waals surface area contributed by atoms with Gasteiger partial charge in [-0.25, -0.2) is 4.79 Å². The first-order chi connectivity index (χ1) is 13.4. The summed E-state index contributed by atoms with van der Waals surface area (Å²) in [6, 6.07) is 15.2. The molecular formula is C23H27NO4. The van der Waals surface area contributed by atoms with Crippen LogP contribution in [0.2, 0.25) is 0 Å². The van der Waals surface area contributed by atoms with Gasteiger partial charge in [0.2, 0.25) is 6.10 Å². The quantitative estimate of drug-likeness (QED) is 0.701. The van der Waals surface area contributed by atoms with E-state index in [1.54, 1.807) is 12.1 Å². The molecular weight excluding hydrogens is 354 g/mol. The van der Waals surface area contributed by atoms with Gasteiger partial charge in [0.25, 0.3) is 5.91 Å². The standard InChI is InChI=1S/C23H27NO4/c1-15(2)18-10-9-16(3)20(13-18)27-14-21(25)28-22(17-7-5-4-6-8-17)23(26)24-19-11-12-19/h4-10,13,15,19,22H,11-12,14H2,1-3H3,(H,24,26)/t22-/m0/s1. The molecule has 5 heteroatoms. The third-order valence-corrected chi connectivity index (χ3v) is 4.74. The number of rotatable bonds is 8. The third kappa shape index (κ3) is 5.35. The van der Waals surface area contributed by atoms with E-state index in [9.17, 15) is 9.59 Å². The summed E-state index contributed by atoms with van der Waals surface area (Å²) >= 11 is 0. The molecule has 5 nitrogen and oxygen atoms in total. The predicted octanol–water partition coefficient (Wildman–Crippen LogP) is 4.06. The molecule has 148 valence electrons. The van der Waals surface area contributed by atoms with Gasteiger partial charge in [-0.05, 0) is 42.9 Å². The number of ether oxygens (including phenoxy) is 2. The Bertz CT molecular complexity index is 828. The van der Waals surface area contributed by atoms with Gasteiger partial charge in [0, 0.05) is 11.6 Å². The molecule has 28 heavy (non-hydrogen) atoms. The maximum atomic E-state index is 12.5. The highest BCUT2D eigenvalue weighted by molar-refractivity contribution is 5.85. The Morgan fingerprint density at radius 1 is 1.07 bits per heavy atom. The van der Waals surface area contributed by atoms with E-state index in [0.717, 1.165) is 24.0 Å². The van der Waals surface area contributed by atoms with Crippen molar-refractivity contribution in [1.82, 2.24) is 5.32 Å². The Hall–Kier alpha value is -2.82. The van der Waals surface area contributed by atoms with E-state index < -0.39 is 12.1 Å². The summed E-state index contributed by atoms with van der Waals surface area (Å²) in [7, 11) is 0. The minimum Gasteiger partial charge on any atom is -0.482 e. The average Bonchev–Trinajstić information content (AvgIpc) is 3.49. The van der Waals surface area contributed by atoms with Crippen molar-refractivity contribution in [2.45, 2.75) is 51.7 Å². The van der Waals surface area contributed by atoms with Gasteiger partial charge < -0.3 is 14.8 Å². The SMILES string of the molecule is Cc1ccc(C(C)C)cc1OCC(=O)O[C@H](C(=O)NC1CC1)c1ccccc1. The van der Waals surface area contributed by atoms with E-state index in [1.165, 1.54) is 0 Å². The molecule has 1 amide bonds. The van der Waals surface area contributed by atoms with Gasteiger partial charge >= 0.3 is 5.97 Å². The van der Waals surface area contributed by atoms with E-state index in [1.807, 2.05) is 37.3 Å². The summed E-state index contributed by atoms with van der Waals surface area (Å²) < 4.78 is 11.2. The largest absolute Gasteiger partial charge is 0.482 e. The first-order valence-corrected chi connectivity index (χ1v) is 9.72. The van der Waals surface area contributed by atoms with Gasteiger partial charge in [-0.1, -0.05) is 56.3 Å². The van der Waals surface area contributed by atoms with Crippen LogP contribution in [0.1, 0.15) is 55.4 Å². The lowest BCUT2D eigenvalue weighted by molar-refractivity contribution is -0.158. The molecule has 1 aliphatic rings. The number of aryl methyl sites for hydroxylation is 1. The van der Waals surface area contributed by atoms with Crippen LogP contribution < -0.4 is 10.1 Å². The molecule has 2 aromatic rings. The number of hydrogen-bond donors (Lipinski definition) is 1. The third-order valence-electron chi connectivity index (χ3n) is 4.74. The van der Waals surface area contributed by atoms with Crippen molar-refractivity contribution in [2.24, 2.45) is 0 Å². The molecule has 0 heterocycles. The molecule has 0 unspecified atom stereocenters. The Balaban J connectivity index is 1.65. The van der Waals surface area contributed by atoms with Gasteiger partial charge in [-0.3, -0.25) is 4.79 Å². The van der Waals surface area contributed by atoms with Crippen LogP contribution in [-0.2, 0) is 14.3 Å². The lowest BCUT2D eigenvalue weighted by atomic mass is 10.0. The number of hydrogen-bond acceptors (Lipinski definition) is 4. The van der Waals surface area contributed by atoms with E-state index in [0.29, 0.717) is 17.2 Å². The summed E-state index contributed by atoms with van der Waals surface area (Å²) in [5.74, 6) is 0.152. The number of nitrogens with one attached hydrogen (secondary N) is 1.